The second-order valence-electron chi connectivity index (χ2n) is 8.12. The van der Waals surface area contributed by atoms with E-state index in [-0.39, 0.29) is 5.82 Å². The summed E-state index contributed by atoms with van der Waals surface area (Å²) in [5.41, 5.74) is 4.11. The zero-order valence-electron chi connectivity index (χ0n) is 16.6. The van der Waals surface area contributed by atoms with Gasteiger partial charge in [0.25, 0.3) is 0 Å². The zero-order valence-corrected chi connectivity index (χ0v) is 16.6. The quantitative estimate of drug-likeness (QED) is 0.703. The number of carboxylic acids is 1. The Morgan fingerprint density at radius 2 is 2.00 bits per heavy atom. The molecule has 0 spiro atoms. The highest BCUT2D eigenvalue weighted by Gasteiger charge is 2.40. The minimum absolute atomic E-state index is 0.287. The molecule has 0 radical (unpaired) electrons. The van der Waals surface area contributed by atoms with Gasteiger partial charge in [0.15, 0.2) is 0 Å². The van der Waals surface area contributed by atoms with E-state index in [0.717, 1.165) is 34.6 Å². The molecule has 0 aliphatic carbocycles. The molecule has 4 rings (SSSR count). The van der Waals surface area contributed by atoms with Gasteiger partial charge in [-0.05, 0) is 57.1 Å². The SMILES string of the molecule is Cc1cccc(-c2nn(-c3ccc(F)cc3)cc2CN2CCC(C)(C(=O)O)C2)c1. The number of halogens is 1. The molecule has 3 aromatic rings. The van der Waals surface area contributed by atoms with Crippen molar-refractivity contribution < 1.29 is 14.3 Å². The van der Waals surface area contributed by atoms with Crippen molar-refractivity contribution in [3.05, 3.63) is 71.7 Å². The van der Waals surface area contributed by atoms with Gasteiger partial charge in [-0.3, -0.25) is 9.69 Å². The number of aryl methyl sites for hydroxylation is 1. The van der Waals surface area contributed by atoms with Crippen LogP contribution in [0.25, 0.3) is 16.9 Å². The molecule has 1 saturated heterocycles. The average Bonchev–Trinajstić information content (AvgIpc) is 3.27. The molecule has 2 heterocycles. The van der Waals surface area contributed by atoms with Crippen molar-refractivity contribution in [1.82, 2.24) is 14.7 Å². The van der Waals surface area contributed by atoms with E-state index in [4.69, 9.17) is 5.10 Å². The first-order chi connectivity index (χ1) is 13.8. The number of carboxylic acid groups (broad SMARTS) is 1. The number of carbonyl (C=O) groups is 1. The summed E-state index contributed by atoms with van der Waals surface area (Å²) in [6.45, 7) is 5.71. The Morgan fingerprint density at radius 1 is 1.24 bits per heavy atom. The monoisotopic (exact) mass is 393 g/mol. The highest BCUT2D eigenvalue weighted by Crippen LogP contribution is 2.33. The molecule has 5 nitrogen and oxygen atoms in total. The lowest BCUT2D eigenvalue weighted by Crippen LogP contribution is -2.31. The predicted octanol–water partition coefficient (Wildman–Crippen LogP) is 4.28. The third kappa shape index (κ3) is 3.93. The Balaban J connectivity index is 1.69. The molecule has 2 aromatic carbocycles. The van der Waals surface area contributed by atoms with E-state index in [1.165, 1.54) is 12.1 Å². The predicted molar refractivity (Wildman–Crippen MR) is 109 cm³/mol. The molecule has 0 saturated carbocycles. The van der Waals surface area contributed by atoms with Crippen LogP contribution in [-0.2, 0) is 11.3 Å². The lowest BCUT2D eigenvalue weighted by Gasteiger charge is -2.20. The summed E-state index contributed by atoms with van der Waals surface area (Å²) < 4.78 is 15.1. The van der Waals surface area contributed by atoms with Gasteiger partial charge in [0.2, 0.25) is 0 Å². The van der Waals surface area contributed by atoms with Crippen molar-refractivity contribution in [3.63, 3.8) is 0 Å². The molecule has 1 aliphatic heterocycles. The van der Waals surface area contributed by atoms with Gasteiger partial charge < -0.3 is 5.11 Å². The third-order valence-electron chi connectivity index (χ3n) is 5.64. The minimum atomic E-state index is -0.749. The summed E-state index contributed by atoms with van der Waals surface area (Å²) in [5, 5.41) is 14.3. The van der Waals surface area contributed by atoms with Crippen LogP contribution in [0.4, 0.5) is 4.39 Å². The van der Waals surface area contributed by atoms with Gasteiger partial charge in [-0.25, -0.2) is 9.07 Å². The van der Waals surface area contributed by atoms with Crippen LogP contribution in [0.15, 0.2) is 54.7 Å². The van der Waals surface area contributed by atoms with Crippen LogP contribution < -0.4 is 0 Å². The van der Waals surface area contributed by atoms with Crippen LogP contribution in [-0.4, -0.2) is 38.8 Å². The molecule has 6 heteroatoms. The summed E-state index contributed by atoms with van der Waals surface area (Å²) >= 11 is 0. The first kappa shape index (κ1) is 19.3. The Bertz CT molecular complexity index is 1040. The smallest absolute Gasteiger partial charge is 0.310 e. The Kier molecular flexibility index (Phi) is 4.96. The molecule has 150 valence electrons. The summed E-state index contributed by atoms with van der Waals surface area (Å²) in [5.74, 6) is -1.04. The van der Waals surface area contributed by atoms with Crippen molar-refractivity contribution in [2.24, 2.45) is 5.41 Å². The van der Waals surface area contributed by atoms with Gasteiger partial charge in [0.1, 0.15) is 5.82 Å². The number of hydrogen-bond acceptors (Lipinski definition) is 3. The van der Waals surface area contributed by atoms with E-state index in [2.05, 4.69) is 11.0 Å². The van der Waals surface area contributed by atoms with Crippen molar-refractivity contribution in [2.45, 2.75) is 26.8 Å². The Morgan fingerprint density at radius 3 is 2.66 bits per heavy atom. The first-order valence-electron chi connectivity index (χ1n) is 9.71. The number of nitrogens with zero attached hydrogens (tertiary/aromatic N) is 3. The van der Waals surface area contributed by atoms with Gasteiger partial charge in [-0.2, -0.15) is 5.10 Å². The molecule has 1 fully saturated rings. The molecule has 1 atom stereocenters. The maximum atomic E-state index is 13.3. The molecule has 1 unspecified atom stereocenters. The van der Waals surface area contributed by atoms with E-state index in [9.17, 15) is 14.3 Å². The Labute approximate surface area is 169 Å². The largest absolute Gasteiger partial charge is 0.481 e. The second-order valence-corrected chi connectivity index (χ2v) is 8.12. The van der Waals surface area contributed by atoms with Gasteiger partial charge >= 0.3 is 5.97 Å². The maximum Gasteiger partial charge on any atom is 0.310 e. The fourth-order valence-corrected chi connectivity index (χ4v) is 3.89. The Hall–Kier alpha value is -2.99. The molecule has 29 heavy (non-hydrogen) atoms. The van der Waals surface area contributed by atoms with Crippen LogP contribution in [0.5, 0.6) is 0 Å². The normalized spacial score (nSPS) is 19.6. The number of hydrogen-bond donors (Lipinski definition) is 1. The van der Waals surface area contributed by atoms with E-state index < -0.39 is 11.4 Å². The van der Waals surface area contributed by atoms with Crippen molar-refractivity contribution in [1.29, 1.82) is 0 Å². The minimum Gasteiger partial charge on any atom is -0.481 e. The number of benzene rings is 2. The molecule has 0 amide bonds. The summed E-state index contributed by atoms with van der Waals surface area (Å²) in [4.78, 5) is 13.8. The van der Waals surface area contributed by atoms with Gasteiger partial charge in [-0.1, -0.05) is 23.8 Å². The first-order valence-corrected chi connectivity index (χ1v) is 9.71. The van der Waals surface area contributed by atoms with Gasteiger partial charge in [-0.15, -0.1) is 0 Å². The number of rotatable bonds is 5. The van der Waals surface area contributed by atoms with E-state index in [0.29, 0.717) is 19.5 Å². The standard InChI is InChI=1S/C23H24FN3O2/c1-16-4-3-5-17(12-16)21-18(13-26-11-10-23(2,15-26)22(28)29)14-27(25-21)20-8-6-19(24)7-9-20/h3-9,12,14H,10-11,13,15H2,1-2H3,(H,28,29). The highest BCUT2D eigenvalue weighted by molar-refractivity contribution is 5.75. The number of aromatic nitrogens is 2. The lowest BCUT2D eigenvalue weighted by molar-refractivity contribution is -0.147. The maximum absolute atomic E-state index is 13.3. The van der Waals surface area contributed by atoms with Crippen molar-refractivity contribution in [2.75, 3.05) is 13.1 Å². The molecular weight excluding hydrogens is 369 g/mol. The fraction of sp³-hybridized carbons (Fsp3) is 0.304. The van der Waals surface area contributed by atoms with Crippen LogP contribution in [0.2, 0.25) is 0 Å². The topological polar surface area (TPSA) is 58.4 Å². The molecular formula is C23H24FN3O2. The number of likely N-dealkylation sites (tertiary alicyclic amines) is 1. The third-order valence-corrected chi connectivity index (χ3v) is 5.64. The summed E-state index contributed by atoms with van der Waals surface area (Å²) in [6.07, 6.45) is 2.59. The van der Waals surface area contributed by atoms with Crippen molar-refractivity contribution >= 4 is 5.97 Å². The van der Waals surface area contributed by atoms with Crippen LogP contribution in [0.1, 0.15) is 24.5 Å². The molecule has 1 aliphatic rings. The summed E-state index contributed by atoms with van der Waals surface area (Å²) in [6, 6.07) is 14.4. The zero-order chi connectivity index (χ0) is 20.6. The van der Waals surface area contributed by atoms with E-state index in [1.54, 1.807) is 23.7 Å². The van der Waals surface area contributed by atoms with Crippen LogP contribution in [0.3, 0.4) is 0 Å². The summed E-state index contributed by atoms with van der Waals surface area (Å²) in [7, 11) is 0. The molecule has 0 bridgehead atoms. The molecule has 1 aromatic heterocycles. The van der Waals surface area contributed by atoms with Crippen LogP contribution >= 0.6 is 0 Å². The van der Waals surface area contributed by atoms with Crippen LogP contribution in [0, 0.1) is 18.2 Å². The highest BCUT2D eigenvalue weighted by atomic mass is 19.1. The average molecular weight is 393 g/mol. The van der Waals surface area contributed by atoms with E-state index >= 15 is 0 Å². The fourth-order valence-electron chi connectivity index (χ4n) is 3.89. The number of aliphatic carboxylic acids is 1. The van der Waals surface area contributed by atoms with Crippen molar-refractivity contribution in [3.8, 4) is 16.9 Å². The van der Waals surface area contributed by atoms with Gasteiger partial charge in [0.05, 0.1) is 16.8 Å². The molecule has 1 N–H and O–H groups in total. The lowest BCUT2D eigenvalue weighted by atomic mass is 9.90. The second kappa shape index (κ2) is 7.44. The van der Waals surface area contributed by atoms with Gasteiger partial charge in [0, 0.05) is 30.4 Å². The van der Waals surface area contributed by atoms with E-state index in [1.807, 2.05) is 31.3 Å².